The molecule has 0 aliphatic carbocycles. The summed E-state index contributed by atoms with van der Waals surface area (Å²) in [5, 5.41) is 9.08. The Morgan fingerprint density at radius 1 is 1.26 bits per heavy atom. The van der Waals surface area contributed by atoms with Crippen molar-refractivity contribution in [2.45, 2.75) is 0 Å². The van der Waals surface area contributed by atoms with E-state index in [1.165, 1.54) is 12.0 Å². The zero-order chi connectivity index (χ0) is 14.3. The third kappa shape index (κ3) is 4.39. The summed E-state index contributed by atoms with van der Waals surface area (Å²) in [6.45, 7) is 0.353. The second-order valence-corrected chi connectivity index (χ2v) is 3.95. The summed E-state index contributed by atoms with van der Waals surface area (Å²) in [6, 6.07) is 0.131. The molecule has 9 heteroatoms. The first-order valence-corrected chi connectivity index (χ1v) is 5.94. The van der Waals surface area contributed by atoms with Crippen LogP contribution in [0.4, 0.5) is 11.9 Å². The van der Waals surface area contributed by atoms with Crippen molar-refractivity contribution in [1.29, 1.82) is 5.26 Å². The molecule has 1 aromatic rings. The van der Waals surface area contributed by atoms with Crippen LogP contribution < -0.4 is 14.5 Å². The highest BCUT2D eigenvalue weighted by Crippen LogP contribution is 2.15. The van der Waals surface area contributed by atoms with Gasteiger partial charge in [0.15, 0.2) is 6.19 Å². The van der Waals surface area contributed by atoms with Gasteiger partial charge in [-0.3, -0.25) is 0 Å². The smallest absolute Gasteiger partial charge is 0.322 e. The summed E-state index contributed by atoms with van der Waals surface area (Å²) in [6.07, 6.45) is 1.93. The Kier molecular flexibility index (Phi) is 6.05. The van der Waals surface area contributed by atoms with Gasteiger partial charge in [-0.15, -0.1) is 11.6 Å². The molecule has 0 aliphatic heterocycles. The lowest BCUT2D eigenvalue weighted by Crippen LogP contribution is -2.25. The monoisotopic (exact) mass is 286 g/mol. The van der Waals surface area contributed by atoms with E-state index in [1.807, 2.05) is 6.19 Å². The molecule has 0 bridgehead atoms. The fraction of sp³-hybridized carbons (Fsp3) is 0.600. The molecule has 0 amide bonds. The molecule has 104 valence electrons. The molecule has 0 unspecified atom stereocenters. The van der Waals surface area contributed by atoms with E-state index in [-0.39, 0.29) is 18.7 Å². The van der Waals surface area contributed by atoms with Gasteiger partial charge in [-0.2, -0.15) is 20.2 Å². The van der Waals surface area contributed by atoms with Crippen LogP contribution in [0.15, 0.2) is 0 Å². The lowest BCUT2D eigenvalue weighted by molar-refractivity contribution is 0.155. The Bertz CT molecular complexity index is 450. The number of nitrogens with zero attached hydrogens (tertiary/aromatic N) is 6. The number of methoxy groups -OCH3 is 1. The number of alkyl halides is 1. The van der Waals surface area contributed by atoms with Crippen molar-refractivity contribution in [2.24, 2.45) is 0 Å². The molecular weight excluding hydrogens is 272 g/mol. The molecule has 0 saturated heterocycles. The number of anilines is 2. The Morgan fingerprint density at radius 2 is 1.95 bits per heavy atom. The normalized spacial score (nSPS) is 9.84. The number of nitriles is 1. The van der Waals surface area contributed by atoms with Crippen molar-refractivity contribution in [1.82, 2.24) is 15.0 Å². The van der Waals surface area contributed by atoms with E-state index in [2.05, 4.69) is 15.0 Å². The van der Waals surface area contributed by atoms with Crippen LogP contribution in [0.25, 0.3) is 0 Å². The summed E-state index contributed by atoms with van der Waals surface area (Å²) in [5.74, 6) is 0.898. The van der Waals surface area contributed by atoms with Gasteiger partial charge in [-0.05, 0) is 0 Å². The van der Waals surface area contributed by atoms with Gasteiger partial charge in [-0.1, -0.05) is 0 Å². The van der Waals surface area contributed by atoms with Gasteiger partial charge in [0.1, 0.15) is 6.73 Å². The highest BCUT2D eigenvalue weighted by Gasteiger charge is 2.14. The third-order valence-electron chi connectivity index (χ3n) is 1.98. The number of aromatic nitrogens is 3. The molecule has 0 spiro atoms. The molecule has 1 heterocycles. The average Bonchev–Trinajstić information content (AvgIpc) is 2.43. The van der Waals surface area contributed by atoms with Gasteiger partial charge in [0.25, 0.3) is 0 Å². The largest absolute Gasteiger partial charge is 0.467 e. The molecule has 1 rings (SSSR count). The van der Waals surface area contributed by atoms with E-state index in [4.69, 9.17) is 26.3 Å². The minimum atomic E-state index is 0.0171. The Labute approximate surface area is 116 Å². The number of rotatable bonds is 7. The van der Waals surface area contributed by atoms with Crippen LogP contribution in [0.3, 0.4) is 0 Å². The first kappa shape index (κ1) is 15.2. The maximum Gasteiger partial charge on any atom is 0.322 e. The van der Waals surface area contributed by atoms with Crippen LogP contribution >= 0.6 is 11.6 Å². The topological polar surface area (TPSA) is 87.4 Å². The van der Waals surface area contributed by atoms with E-state index in [0.717, 1.165) is 0 Å². The predicted molar refractivity (Wildman–Crippen MR) is 70.3 cm³/mol. The molecule has 0 fully saturated rings. The number of hydrogen-bond donors (Lipinski definition) is 0. The van der Waals surface area contributed by atoms with Crippen LogP contribution in [0.1, 0.15) is 0 Å². The standard InChI is InChI=1S/C10H15ClN6O2/c1-16(2)8-13-9(15-10(14-8)18-3)17(6-12)7-19-5-4-11/h4-5,7H2,1-3H3. The zero-order valence-electron chi connectivity index (χ0n) is 11.0. The summed E-state index contributed by atoms with van der Waals surface area (Å²) >= 11 is 5.49. The summed E-state index contributed by atoms with van der Waals surface area (Å²) < 4.78 is 10.2. The van der Waals surface area contributed by atoms with E-state index >= 15 is 0 Å². The van der Waals surface area contributed by atoms with Gasteiger partial charge in [0.05, 0.1) is 13.7 Å². The number of ether oxygens (including phenoxy) is 2. The molecule has 0 N–H and O–H groups in total. The first-order valence-electron chi connectivity index (χ1n) is 5.40. The molecule has 8 nitrogen and oxygen atoms in total. The van der Waals surface area contributed by atoms with Gasteiger partial charge >= 0.3 is 6.01 Å². The zero-order valence-corrected chi connectivity index (χ0v) is 11.8. The minimum Gasteiger partial charge on any atom is -0.467 e. The third-order valence-corrected chi connectivity index (χ3v) is 2.13. The van der Waals surface area contributed by atoms with Crippen LogP contribution in [-0.2, 0) is 4.74 Å². The Balaban J connectivity index is 2.96. The molecule has 0 radical (unpaired) electrons. The van der Waals surface area contributed by atoms with Crippen LogP contribution in [0.2, 0.25) is 0 Å². The van der Waals surface area contributed by atoms with E-state index in [1.54, 1.807) is 19.0 Å². The van der Waals surface area contributed by atoms with E-state index in [9.17, 15) is 0 Å². The highest BCUT2D eigenvalue weighted by atomic mass is 35.5. The fourth-order valence-electron chi connectivity index (χ4n) is 1.09. The van der Waals surface area contributed by atoms with Crippen molar-refractivity contribution in [2.75, 3.05) is 50.2 Å². The van der Waals surface area contributed by atoms with Gasteiger partial charge in [-0.25, -0.2) is 4.90 Å². The van der Waals surface area contributed by atoms with Gasteiger partial charge in [0, 0.05) is 20.0 Å². The lowest BCUT2D eigenvalue weighted by Gasteiger charge is -2.16. The van der Waals surface area contributed by atoms with Crippen LogP contribution in [0.5, 0.6) is 6.01 Å². The summed E-state index contributed by atoms with van der Waals surface area (Å²) in [7, 11) is 5.00. The Morgan fingerprint density at radius 3 is 2.47 bits per heavy atom. The maximum absolute atomic E-state index is 9.08. The lowest BCUT2D eigenvalue weighted by atomic mass is 10.7. The maximum atomic E-state index is 9.08. The SMILES string of the molecule is COc1nc(N(C)C)nc(N(C#N)COCCCl)n1. The highest BCUT2D eigenvalue weighted by molar-refractivity contribution is 6.17. The Hall–Kier alpha value is -1.85. The van der Waals surface area contributed by atoms with Crippen LogP contribution in [-0.4, -0.2) is 55.4 Å². The molecule has 19 heavy (non-hydrogen) atoms. The molecule has 0 atom stereocenters. The molecule has 0 saturated carbocycles. The molecule has 0 aromatic carbocycles. The summed E-state index contributed by atoms with van der Waals surface area (Å²) in [4.78, 5) is 15.1. The van der Waals surface area contributed by atoms with Gasteiger partial charge < -0.3 is 14.4 Å². The second-order valence-electron chi connectivity index (χ2n) is 3.57. The first-order chi connectivity index (χ1) is 9.12. The average molecular weight is 287 g/mol. The fourth-order valence-corrected chi connectivity index (χ4v) is 1.20. The van der Waals surface area contributed by atoms with Gasteiger partial charge in [0.2, 0.25) is 11.9 Å². The number of hydrogen-bond acceptors (Lipinski definition) is 8. The van der Waals surface area contributed by atoms with Crippen molar-refractivity contribution in [3.8, 4) is 12.2 Å². The van der Waals surface area contributed by atoms with Crippen LogP contribution in [0, 0.1) is 11.5 Å². The van der Waals surface area contributed by atoms with E-state index in [0.29, 0.717) is 18.4 Å². The molecular formula is C10H15ClN6O2. The predicted octanol–water partition coefficient (Wildman–Crippen LogP) is 0.447. The minimum absolute atomic E-state index is 0.0171. The van der Waals surface area contributed by atoms with Crippen molar-refractivity contribution >= 4 is 23.5 Å². The summed E-state index contributed by atoms with van der Waals surface area (Å²) in [5.41, 5.74) is 0. The van der Waals surface area contributed by atoms with Crippen molar-refractivity contribution in [3.05, 3.63) is 0 Å². The van der Waals surface area contributed by atoms with E-state index < -0.39 is 0 Å². The molecule has 0 aliphatic rings. The second kappa shape index (κ2) is 7.56. The van der Waals surface area contributed by atoms with Crippen molar-refractivity contribution in [3.63, 3.8) is 0 Å². The molecule has 1 aromatic heterocycles. The number of halogens is 1. The quantitative estimate of drug-likeness (QED) is 0.235. The van der Waals surface area contributed by atoms with Crippen molar-refractivity contribution < 1.29 is 9.47 Å².